The van der Waals surface area contributed by atoms with E-state index in [2.05, 4.69) is 91.7 Å². The van der Waals surface area contributed by atoms with Crippen LogP contribution in [-0.4, -0.2) is 11.5 Å². The number of nitrogens with one attached hydrogen (secondary N) is 2. The average molecular weight is 451 g/mol. The fourth-order valence-corrected chi connectivity index (χ4v) is 4.98. The molecule has 0 spiro atoms. The van der Waals surface area contributed by atoms with Gasteiger partial charge in [-0.3, -0.25) is 0 Å². The monoisotopic (exact) mass is 450 g/mol. The predicted octanol–water partition coefficient (Wildman–Crippen LogP) is 7.37. The zero-order valence-electron chi connectivity index (χ0n) is 18.1. The molecule has 5 rings (SSSR count). The maximum Gasteiger partial charge on any atom is 0.0732 e. The smallest absolute Gasteiger partial charge is 0.0732 e. The quantitative estimate of drug-likeness (QED) is 0.327. The third kappa shape index (κ3) is 3.89. The van der Waals surface area contributed by atoms with Crippen molar-refractivity contribution < 1.29 is 0 Å². The number of benzene rings is 3. The summed E-state index contributed by atoms with van der Waals surface area (Å²) in [7, 11) is 0. The van der Waals surface area contributed by atoms with Crippen LogP contribution in [0.25, 0.3) is 10.9 Å². The molecule has 3 aromatic carbocycles. The fraction of sp³-hybridized carbons (Fsp3) is 0.259. The third-order valence-corrected chi connectivity index (χ3v) is 6.67. The van der Waals surface area contributed by atoms with Gasteiger partial charge >= 0.3 is 0 Å². The molecule has 0 amide bonds. The molecular formula is C27H28Cl2N2. The van der Waals surface area contributed by atoms with Gasteiger partial charge in [0.05, 0.1) is 6.04 Å². The molecule has 1 aromatic heterocycles. The number of hydrogen-bond donors (Lipinski definition) is 2. The second-order valence-electron chi connectivity index (χ2n) is 9.29. The molecule has 4 heteroatoms. The van der Waals surface area contributed by atoms with Crippen LogP contribution in [0.2, 0.25) is 5.02 Å². The van der Waals surface area contributed by atoms with Crippen molar-refractivity contribution in [2.24, 2.45) is 0 Å². The molecule has 160 valence electrons. The Morgan fingerprint density at radius 1 is 0.871 bits per heavy atom. The van der Waals surface area contributed by atoms with Crippen LogP contribution in [-0.2, 0) is 5.41 Å². The van der Waals surface area contributed by atoms with Gasteiger partial charge in [0, 0.05) is 34.1 Å². The highest BCUT2D eigenvalue weighted by Gasteiger charge is 2.33. The van der Waals surface area contributed by atoms with Gasteiger partial charge in [0.15, 0.2) is 0 Å². The first-order chi connectivity index (χ1) is 14.4. The van der Waals surface area contributed by atoms with Gasteiger partial charge in [-0.25, -0.2) is 0 Å². The van der Waals surface area contributed by atoms with Crippen LogP contribution in [0.5, 0.6) is 0 Å². The van der Waals surface area contributed by atoms with Gasteiger partial charge < -0.3 is 10.3 Å². The van der Waals surface area contributed by atoms with Crippen molar-refractivity contribution in [2.45, 2.75) is 38.1 Å². The second kappa shape index (κ2) is 8.35. The van der Waals surface area contributed by atoms with E-state index in [0.29, 0.717) is 0 Å². The summed E-state index contributed by atoms with van der Waals surface area (Å²) in [6.45, 7) is 7.62. The number of halogens is 2. The van der Waals surface area contributed by atoms with Gasteiger partial charge in [0.2, 0.25) is 0 Å². The molecule has 0 radical (unpaired) electrons. The Bertz CT molecular complexity index is 1200. The van der Waals surface area contributed by atoms with Crippen LogP contribution >= 0.6 is 24.0 Å². The van der Waals surface area contributed by atoms with Crippen molar-refractivity contribution in [3.05, 3.63) is 106 Å². The van der Waals surface area contributed by atoms with Crippen LogP contribution in [0, 0.1) is 0 Å². The van der Waals surface area contributed by atoms with Gasteiger partial charge in [0.1, 0.15) is 0 Å². The van der Waals surface area contributed by atoms with Crippen molar-refractivity contribution in [3.63, 3.8) is 0 Å². The Kier molecular flexibility index (Phi) is 5.91. The topological polar surface area (TPSA) is 27.8 Å². The minimum absolute atomic E-state index is 0. The van der Waals surface area contributed by atoms with E-state index in [1.807, 2.05) is 12.1 Å². The lowest BCUT2D eigenvalue weighted by Crippen LogP contribution is -2.34. The molecule has 0 bridgehead atoms. The van der Waals surface area contributed by atoms with E-state index in [9.17, 15) is 0 Å². The van der Waals surface area contributed by atoms with E-state index in [0.717, 1.165) is 11.6 Å². The van der Waals surface area contributed by atoms with Gasteiger partial charge in [-0.1, -0.05) is 93.0 Å². The molecule has 0 saturated carbocycles. The molecule has 2 atom stereocenters. The first-order valence-electron chi connectivity index (χ1n) is 10.6. The predicted molar refractivity (Wildman–Crippen MR) is 134 cm³/mol. The van der Waals surface area contributed by atoms with Gasteiger partial charge in [-0.15, -0.1) is 12.4 Å². The van der Waals surface area contributed by atoms with Crippen LogP contribution in [0.1, 0.15) is 60.7 Å². The maximum atomic E-state index is 6.62. The normalized spacial score (nSPS) is 18.5. The van der Waals surface area contributed by atoms with Crippen molar-refractivity contribution in [1.29, 1.82) is 0 Å². The van der Waals surface area contributed by atoms with Crippen molar-refractivity contribution >= 4 is 34.9 Å². The molecule has 0 fully saturated rings. The Morgan fingerprint density at radius 2 is 1.55 bits per heavy atom. The lowest BCUT2D eigenvalue weighted by Gasteiger charge is -2.32. The maximum absolute atomic E-state index is 6.62. The summed E-state index contributed by atoms with van der Waals surface area (Å²) < 4.78 is 0. The summed E-state index contributed by atoms with van der Waals surface area (Å²) in [6, 6.07) is 26.0. The van der Waals surface area contributed by atoms with Crippen LogP contribution in [0.4, 0.5) is 0 Å². The Balaban J connectivity index is 0.00000231. The molecule has 2 unspecified atom stereocenters. The minimum Gasteiger partial charge on any atom is -0.357 e. The lowest BCUT2D eigenvalue weighted by atomic mass is 9.82. The summed E-state index contributed by atoms with van der Waals surface area (Å²) in [5.74, 6) is 0.218. The molecule has 2 nitrogen and oxygen atoms in total. The highest BCUT2D eigenvalue weighted by molar-refractivity contribution is 6.31. The van der Waals surface area contributed by atoms with Crippen LogP contribution < -0.4 is 5.32 Å². The number of H-pyrrole nitrogens is 1. The number of aromatic amines is 1. The zero-order chi connectivity index (χ0) is 20.9. The molecular weight excluding hydrogens is 423 g/mol. The SMILES string of the molecule is CC(C)(C)c1ccc(C2NCC(c3ccccc3Cl)c3c2[nH]c2ccccc32)cc1.Cl. The van der Waals surface area contributed by atoms with Crippen molar-refractivity contribution in [3.8, 4) is 0 Å². The summed E-state index contributed by atoms with van der Waals surface area (Å²) in [5, 5.41) is 5.91. The third-order valence-electron chi connectivity index (χ3n) is 6.33. The number of rotatable bonds is 2. The lowest BCUT2D eigenvalue weighted by molar-refractivity contribution is 0.524. The van der Waals surface area contributed by atoms with E-state index >= 15 is 0 Å². The Morgan fingerprint density at radius 3 is 2.26 bits per heavy atom. The van der Waals surface area contributed by atoms with E-state index in [4.69, 9.17) is 11.6 Å². The van der Waals surface area contributed by atoms with Gasteiger partial charge in [-0.05, 0) is 39.8 Å². The van der Waals surface area contributed by atoms with Crippen LogP contribution in [0.3, 0.4) is 0 Å². The minimum atomic E-state index is 0. The molecule has 4 aromatic rings. The van der Waals surface area contributed by atoms with E-state index in [1.54, 1.807) is 0 Å². The summed E-state index contributed by atoms with van der Waals surface area (Å²) in [5.41, 5.74) is 7.76. The van der Waals surface area contributed by atoms with Crippen molar-refractivity contribution in [2.75, 3.05) is 6.54 Å². The Labute approximate surface area is 195 Å². The molecule has 0 saturated heterocycles. The van der Waals surface area contributed by atoms with E-state index < -0.39 is 0 Å². The standard InChI is InChI=1S/C27H27ClN2.ClH/c1-27(2,3)18-14-12-17(13-15-18)25-26-24(20-9-5-7-11-23(20)30-26)21(16-29-25)19-8-4-6-10-22(19)28;/h4-15,21,25,29-30H,16H2,1-3H3;1H. The summed E-state index contributed by atoms with van der Waals surface area (Å²) >= 11 is 6.62. The zero-order valence-corrected chi connectivity index (χ0v) is 19.6. The number of fused-ring (bicyclic) bond motifs is 3. The molecule has 0 aliphatic carbocycles. The first-order valence-corrected chi connectivity index (χ1v) is 11.0. The highest BCUT2D eigenvalue weighted by Crippen LogP contribution is 2.43. The van der Waals surface area contributed by atoms with Crippen molar-refractivity contribution in [1.82, 2.24) is 10.3 Å². The highest BCUT2D eigenvalue weighted by atomic mass is 35.5. The molecule has 31 heavy (non-hydrogen) atoms. The molecule has 2 heterocycles. The summed E-state index contributed by atoms with van der Waals surface area (Å²) in [6.07, 6.45) is 0. The largest absolute Gasteiger partial charge is 0.357 e. The molecule has 1 aliphatic heterocycles. The van der Waals surface area contributed by atoms with Gasteiger partial charge in [0.25, 0.3) is 0 Å². The van der Waals surface area contributed by atoms with Crippen LogP contribution in [0.15, 0.2) is 72.8 Å². The molecule has 1 aliphatic rings. The first kappa shape index (κ1) is 22.0. The average Bonchev–Trinajstić information content (AvgIpc) is 3.13. The number of hydrogen-bond acceptors (Lipinski definition) is 1. The fourth-order valence-electron chi connectivity index (χ4n) is 4.71. The Hall–Kier alpha value is -2.26. The second-order valence-corrected chi connectivity index (χ2v) is 9.69. The molecule has 2 N–H and O–H groups in total. The number of para-hydroxylation sites is 1. The summed E-state index contributed by atoms with van der Waals surface area (Å²) in [4.78, 5) is 3.72. The number of aromatic nitrogens is 1. The van der Waals surface area contributed by atoms with E-state index in [-0.39, 0.29) is 29.8 Å². The van der Waals surface area contributed by atoms with Gasteiger partial charge in [-0.2, -0.15) is 0 Å². The van der Waals surface area contributed by atoms with E-state index in [1.165, 1.54) is 38.9 Å².